The number of Topliss-reactive ketones (excluding diaryl/α,β-unsaturated/α-hetero) is 1. The number of pyridine rings is 1. The summed E-state index contributed by atoms with van der Waals surface area (Å²) in [6.45, 7) is 0. The molecule has 1 aromatic heterocycles. The number of rotatable bonds is 5. The molecule has 0 spiro atoms. The van der Waals surface area contributed by atoms with Crippen molar-refractivity contribution in [3.05, 3.63) is 59.8 Å². The van der Waals surface area contributed by atoms with Gasteiger partial charge in [0.25, 0.3) is 0 Å². The molecule has 0 aliphatic heterocycles. The van der Waals surface area contributed by atoms with Gasteiger partial charge in [-0.2, -0.15) is 0 Å². The van der Waals surface area contributed by atoms with Crippen LogP contribution in [0.2, 0.25) is 0 Å². The van der Waals surface area contributed by atoms with Gasteiger partial charge in [-0.25, -0.2) is 4.98 Å². The molecule has 0 amide bonds. The van der Waals surface area contributed by atoms with Gasteiger partial charge < -0.3 is 5.73 Å². The zero-order valence-electron chi connectivity index (χ0n) is 10.2. The number of carbonyl (C=O) groups is 1. The maximum Gasteiger partial charge on any atom is 0.137 e. The third-order valence-electron chi connectivity index (χ3n) is 2.78. The Hall–Kier alpha value is -2.16. The van der Waals surface area contributed by atoms with Gasteiger partial charge in [-0.05, 0) is 29.7 Å². The summed E-state index contributed by atoms with van der Waals surface area (Å²) in [6.07, 6.45) is 3.42. The van der Waals surface area contributed by atoms with E-state index in [-0.39, 0.29) is 5.78 Å². The van der Waals surface area contributed by atoms with Gasteiger partial charge in [0.15, 0.2) is 0 Å². The third kappa shape index (κ3) is 3.70. The van der Waals surface area contributed by atoms with Crippen LogP contribution in [0.25, 0.3) is 0 Å². The summed E-state index contributed by atoms with van der Waals surface area (Å²) >= 11 is 0. The van der Waals surface area contributed by atoms with Gasteiger partial charge in [0.2, 0.25) is 0 Å². The fourth-order valence-electron chi connectivity index (χ4n) is 1.85. The van der Waals surface area contributed by atoms with Crippen LogP contribution in [-0.2, 0) is 17.6 Å². The molecule has 1 aromatic carbocycles. The maximum atomic E-state index is 11.8. The zero-order chi connectivity index (χ0) is 12.8. The molecule has 0 aliphatic rings. The quantitative estimate of drug-likeness (QED) is 0.873. The van der Waals surface area contributed by atoms with Crippen molar-refractivity contribution in [1.29, 1.82) is 0 Å². The van der Waals surface area contributed by atoms with E-state index in [1.165, 1.54) is 5.56 Å². The molecule has 2 aromatic rings. The number of ketones is 1. The second-order valence-corrected chi connectivity index (χ2v) is 4.29. The number of nitrogens with two attached hydrogens (primary N) is 1. The number of aryl methyl sites for hydroxylation is 1. The van der Waals surface area contributed by atoms with Gasteiger partial charge in [-0.1, -0.05) is 30.3 Å². The normalized spacial score (nSPS) is 10.2. The van der Waals surface area contributed by atoms with E-state index in [1.807, 2.05) is 36.4 Å². The van der Waals surface area contributed by atoms with Crippen molar-refractivity contribution >= 4 is 11.6 Å². The Morgan fingerprint density at radius 2 is 1.89 bits per heavy atom. The van der Waals surface area contributed by atoms with Crippen molar-refractivity contribution in [2.45, 2.75) is 19.3 Å². The van der Waals surface area contributed by atoms with Crippen LogP contribution in [0, 0.1) is 0 Å². The first-order valence-corrected chi connectivity index (χ1v) is 6.00. The Morgan fingerprint density at radius 3 is 2.61 bits per heavy atom. The minimum absolute atomic E-state index is 0.226. The molecule has 0 saturated carbocycles. The monoisotopic (exact) mass is 240 g/mol. The molecule has 92 valence electrons. The predicted molar refractivity (Wildman–Crippen MR) is 72.1 cm³/mol. The van der Waals surface area contributed by atoms with E-state index in [0.717, 1.165) is 12.0 Å². The van der Waals surface area contributed by atoms with Crippen LogP contribution in [0.5, 0.6) is 0 Å². The molecule has 0 unspecified atom stereocenters. The van der Waals surface area contributed by atoms with Crippen LogP contribution < -0.4 is 5.73 Å². The number of anilines is 1. The smallest absolute Gasteiger partial charge is 0.137 e. The van der Waals surface area contributed by atoms with Crippen LogP contribution in [0.1, 0.15) is 17.5 Å². The number of benzene rings is 1. The minimum Gasteiger partial charge on any atom is -0.384 e. The van der Waals surface area contributed by atoms with E-state index < -0.39 is 0 Å². The van der Waals surface area contributed by atoms with Crippen molar-refractivity contribution < 1.29 is 4.79 Å². The molecule has 3 nitrogen and oxygen atoms in total. The number of nitrogens with zero attached hydrogens (tertiary/aromatic N) is 1. The molecule has 2 N–H and O–H groups in total. The van der Waals surface area contributed by atoms with Gasteiger partial charge in [-0.3, -0.25) is 4.79 Å². The Balaban J connectivity index is 1.86. The summed E-state index contributed by atoms with van der Waals surface area (Å²) in [5, 5.41) is 0. The summed E-state index contributed by atoms with van der Waals surface area (Å²) in [4.78, 5) is 15.7. The number of hydrogen-bond acceptors (Lipinski definition) is 3. The van der Waals surface area contributed by atoms with Crippen LogP contribution in [0.15, 0.2) is 48.7 Å². The Labute approximate surface area is 107 Å². The molecule has 0 aliphatic carbocycles. The molecule has 18 heavy (non-hydrogen) atoms. The standard InChI is InChI=1S/C15H16N2O/c16-15-11-13(8-9-17-15)10-14(18)7-6-12-4-2-1-3-5-12/h1-5,8-9,11H,6-7,10H2,(H2,16,17). The highest BCUT2D eigenvalue weighted by Crippen LogP contribution is 2.08. The van der Waals surface area contributed by atoms with Crippen LogP contribution in [0.4, 0.5) is 5.82 Å². The molecule has 1 heterocycles. The molecule has 2 rings (SSSR count). The average molecular weight is 240 g/mol. The number of nitrogen functional groups attached to an aromatic ring is 1. The number of aromatic nitrogens is 1. The van der Waals surface area contributed by atoms with E-state index in [9.17, 15) is 4.79 Å². The van der Waals surface area contributed by atoms with Gasteiger partial charge in [0.05, 0.1) is 0 Å². The van der Waals surface area contributed by atoms with Crippen LogP contribution >= 0.6 is 0 Å². The molecule has 0 radical (unpaired) electrons. The third-order valence-corrected chi connectivity index (χ3v) is 2.78. The van der Waals surface area contributed by atoms with Crippen molar-refractivity contribution in [3.8, 4) is 0 Å². The second-order valence-electron chi connectivity index (χ2n) is 4.29. The fourth-order valence-corrected chi connectivity index (χ4v) is 1.85. The Bertz CT molecular complexity index is 523. The lowest BCUT2D eigenvalue weighted by Crippen LogP contribution is -2.05. The first-order valence-electron chi connectivity index (χ1n) is 6.00. The SMILES string of the molecule is Nc1cc(CC(=O)CCc2ccccc2)ccn1. The summed E-state index contributed by atoms with van der Waals surface area (Å²) in [5.74, 6) is 0.688. The molecular formula is C15H16N2O. The van der Waals surface area contributed by atoms with E-state index >= 15 is 0 Å². The van der Waals surface area contributed by atoms with Crippen molar-refractivity contribution in [1.82, 2.24) is 4.98 Å². The van der Waals surface area contributed by atoms with E-state index in [0.29, 0.717) is 18.7 Å². The predicted octanol–water partition coefficient (Wildman–Crippen LogP) is 2.41. The fraction of sp³-hybridized carbons (Fsp3) is 0.200. The first kappa shape index (κ1) is 12.3. The zero-order valence-corrected chi connectivity index (χ0v) is 10.2. The van der Waals surface area contributed by atoms with E-state index in [1.54, 1.807) is 12.3 Å². The summed E-state index contributed by atoms with van der Waals surface area (Å²) in [7, 11) is 0. The number of hydrogen-bond donors (Lipinski definition) is 1. The maximum absolute atomic E-state index is 11.8. The second kappa shape index (κ2) is 5.96. The Morgan fingerprint density at radius 1 is 1.11 bits per heavy atom. The largest absolute Gasteiger partial charge is 0.384 e. The van der Waals surface area contributed by atoms with Gasteiger partial charge >= 0.3 is 0 Å². The molecular weight excluding hydrogens is 224 g/mol. The minimum atomic E-state index is 0.226. The molecule has 0 atom stereocenters. The molecule has 3 heteroatoms. The van der Waals surface area contributed by atoms with E-state index in [2.05, 4.69) is 4.98 Å². The highest BCUT2D eigenvalue weighted by Gasteiger charge is 2.04. The van der Waals surface area contributed by atoms with Gasteiger partial charge in [-0.15, -0.1) is 0 Å². The lowest BCUT2D eigenvalue weighted by molar-refractivity contribution is -0.118. The van der Waals surface area contributed by atoms with Crippen LogP contribution in [-0.4, -0.2) is 10.8 Å². The highest BCUT2D eigenvalue weighted by atomic mass is 16.1. The Kier molecular flexibility index (Phi) is 4.07. The van der Waals surface area contributed by atoms with Gasteiger partial charge in [0.1, 0.15) is 11.6 Å². The first-order chi connectivity index (χ1) is 8.74. The van der Waals surface area contributed by atoms with Crippen molar-refractivity contribution in [2.24, 2.45) is 0 Å². The lowest BCUT2D eigenvalue weighted by atomic mass is 10.0. The highest BCUT2D eigenvalue weighted by molar-refractivity contribution is 5.81. The topological polar surface area (TPSA) is 56.0 Å². The van der Waals surface area contributed by atoms with Crippen molar-refractivity contribution in [3.63, 3.8) is 0 Å². The summed E-state index contributed by atoms with van der Waals surface area (Å²) in [6, 6.07) is 13.6. The molecule has 0 bridgehead atoms. The summed E-state index contributed by atoms with van der Waals surface area (Å²) in [5.41, 5.74) is 7.70. The van der Waals surface area contributed by atoms with E-state index in [4.69, 9.17) is 5.73 Å². The average Bonchev–Trinajstić information content (AvgIpc) is 2.38. The van der Waals surface area contributed by atoms with Gasteiger partial charge in [0, 0.05) is 19.0 Å². The number of carbonyl (C=O) groups excluding carboxylic acids is 1. The summed E-state index contributed by atoms with van der Waals surface area (Å²) < 4.78 is 0. The van der Waals surface area contributed by atoms with Crippen LogP contribution in [0.3, 0.4) is 0 Å². The molecule has 0 fully saturated rings. The molecule has 0 saturated heterocycles. The lowest BCUT2D eigenvalue weighted by Gasteiger charge is -2.02. The van der Waals surface area contributed by atoms with Crippen molar-refractivity contribution in [2.75, 3.05) is 5.73 Å².